The van der Waals surface area contributed by atoms with Crippen LogP contribution in [0.1, 0.15) is 18.5 Å². The first-order chi connectivity index (χ1) is 12.8. The molecule has 0 spiro atoms. The van der Waals surface area contributed by atoms with Crippen LogP contribution in [-0.4, -0.2) is 51.9 Å². The molecule has 0 aliphatic carbocycles. The van der Waals surface area contributed by atoms with Crippen molar-refractivity contribution >= 4 is 32.6 Å². The largest absolute Gasteiger partial charge is 0.346 e. The Balaban J connectivity index is 1.36. The predicted octanol–water partition coefficient (Wildman–Crippen LogP) is 2.76. The van der Waals surface area contributed by atoms with Crippen molar-refractivity contribution in [1.29, 1.82) is 0 Å². The zero-order chi connectivity index (χ0) is 17.8. The van der Waals surface area contributed by atoms with Crippen molar-refractivity contribution in [2.24, 2.45) is 0 Å². The number of benzene rings is 1. The molecule has 0 atom stereocenters. The van der Waals surface area contributed by atoms with E-state index in [-0.39, 0.29) is 5.91 Å². The Bertz CT molecular complexity index is 849. The SMILES string of the molecule is O=C(CCc1cnccn1)N1CCCN(c2nc3ccccc3s2)CC1. The highest BCUT2D eigenvalue weighted by molar-refractivity contribution is 7.22. The van der Waals surface area contributed by atoms with E-state index < -0.39 is 0 Å². The topological polar surface area (TPSA) is 62.2 Å². The van der Waals surface area contributed by atoms with E-state index in [1.54, 1.807) is 29.9 Å². The van der Waals surface area contributed by atoms with Crippen LogP contribution in [0.2, 0.25) is 0 Å². The molecule has 26 heavy (non-hydrogen) atoms. The minimum absolute atomic E-state index is 0.196. The van der Waals surface area contributed by atoms with E-state index in [9.17, 15) is 4.79 Å². The van der Waals surface area contributed by atoms with Gasteiger partial charge in [0.1, 0.15) is 0 Å². The van der Waals surface area contributed by atoms with Gasteiger partial charge in [-0.2, -0.15) is 0 Å². The fourth-order valence-electron chi connectivity index (χ4n) is 3.21. The summed E-state index contributed by atoms with van der Waals surface area (Å²) in [6.07, 6.45) is 7.14. The van der Waals surface area contributed by atoms with Crippen molar-refractivity contribution in [3.05, 3.63) is 48.5 Å². The van der Waals surface area contributed by atoms with Crippen molar-refractivity contribution in [2.75, 3.05) is 31.1 Å². The van der Waals surface area contributed by atoms with Gasteiger partial charge in [-0.3, -0.25) is 14.8 Å². The molecule has 134 valence electrons. The molecule has 1 amide bonds. The molecule has 0 unspecified atom stereocenters. The van der Waals surface area contributed by atoms with Gasteiger partial charge in [0.05, 0.1) is 15.9 Å². The minimum Gasteiger partial charge on any atom is -0.346 e. The third-order valence-corrected chi connectivity index (χ3v) is 5.71. The average Bonchev–Trinajstić information content (AvgIpc) is 2.96. The van der Waals surface area contributed by atoms with E-state index in [4.69, 9.17) is 4.98 Å². The lowest BCUT2D eigenvalue weighted by Crippen LogP contribution is -2.35. The van der Waals surface area contributed by atoms with Crippen LogP contribution < -0.4 is 4.90 Å². The zero-order valence-corrected chi connectivity index (χ0v) is 15.4. The number of para-hydroxylation sites is 1. The fourth-order valence-corrected chi connectivity index (χ4v) is 4.22. The summed E-state index contributed by atoms with van der Waals surface area (Å²) in [5.41, 5.74) is 1.92. The smallest absolute Gasteiger partial charge is 0.223 e. The number of hydrogen-bond acceptors (Lipinski definition) is 6. The van der Waals surface area contributed by atoms with Crippen molar-refractivity contribution in [2.45, 2.75) is 19.3 Å². The number of anilines is 1. The van der Waals surface area contributed by atoms with Crippen LogP contribution in [-0.2, 0) is 11.2 Å². The third kappa shape index (κ3) is 3.83. The molecule has 1 aliphatic rings. The van der Waals surface area contributed by atoms with Gasteiger partial charge in [-0.15, -0.1) is 0 Å². The zero-order valence-electron chi connectivity index (χ0n) is 14.5. The number of amides is 1. The van der Waals surface area contributed by atoms with Crippen LogP contribution in [0.5, 0.6) is 0 Å². The van der Waals surface area contributed by atoms with E-state index in [0.717, 1.165) is 48.9 Å². The Morgan fingerprint density at radius 3 is 2.88 bits per heavy atom. The second-order valence-corrected chi connectivity index (χ2v) is 7.39. The van der Waals surface area contributed by atoms with Crippen LogP contribution >= 0.6 is 11.3 Å². The molecule has 1 aliphatic heterocycles. The number of carbonyl (C=O) groups is 1. The summed E-state index contributed by atoms with van der Waals surface area (Å²) in [5, 5.41) is 1.06. The second-order valence-electron chi connectivity index (χ2n) is 6.38. The summed E-state index contributed by atoms with van der Waals surface area (Å²) in [5.74, 6) is 0.196. The Kier molecular flexibility index (Phi) is 5.06. The van der Waals surface area contributed by atoms with Gasteiger partial charge in [0, 0.05) is 51.2 Å². The number of rotatable bonds is 4. The van der Waals surface area contributed by atoms with Crippen LogP contribution in [0, 0.1) is 0 Å². The normalized spacial score (nSPS) is 15.2. The van der Waals surface area contributed by atoms with Crippen LogP contribution in [0.15, 0.2) is 42.9 Å². The molecule has 1 saturated heterocycles. The van der Waals surface area contributed by atoms with E-state index in [0.29, 0.717) is 12.8 Å². The van der Waals surface area contributed by atoms with Gasteiger partial charge in [0.25, 0.3) is 0 Å². The molecule has 1 aromatic carbocycles. The van der Waals surface area contributed by atoms with E-state index in [1.165, 1.54) is 4.70 Å². The first-order valence-electron chi connectivity index (χ1n) is 8.93. The lowest BCUT2D eigenvalue weighted by molar-refractivity contribution is -0.130. The van der Waals surface area contributed by atoms with Crippen molar-refractivity contribution < 1.29 is 4.79 Å². The van der Waals surface area contributed by atoms with Gasteiger partial charge in [0.2, 0.25) is 5.91 Å². The second kappa shape index (κ2) is 7.78. The average molecular weight is 367 g/mol. The number of hydrogen-bond donors (Lipinski definition) is 0. The van der Waals surface area contributed by atoms with Crippen molar-refractivity contribution in [1.82, 2.24) is 19.9 Å². The molecule has 0 N–H and O–H groups in total. The summed E-state index contributed by atoms with van der Waals surface area (Å²) in [7, 11) is 0. The number of thiazole rings is 1. The Morgan fingerprint density at radius 1 is 1.12 bits per heavy atom. The molecule has 6 nitrogen and oxygen atoms in total. The standard InChI is InChI=1S/C19H21N5OS/c25-18(7-6-15-14-20-8-9-21-15)23-10-3-11-24(13-12-23)19-22-16-4-1-2-5-17(16)26-19/h1-2,4-5,8-9,14H,3,6-7,10-13H2. The molecule has 7 heteroatoms. The highest BCUT2D eigenvalue weighted by Gasteiger charge is 2.21. The molecular formula is C19H21N5OS. The number of aromatic nitrogens is 3. The first-order valence-corrected chi connectivity index (χ1v) is 9.74. The van der Waals surface area contributed by atoms with Gasteiger partial charge < -0.3 is 9.80 Å². The number of nitrogens with zero attached hydrogens (tertiary/aromatic N) is 5. The molecule has 3 aromatic rings. The van der Waals surface area contributed by atoms with Gasteiger partial charge in [-0.25, -0.2) is 4.98 Å². The number of aryl methyl sites for hydroxylation is 1. The lowest BCUT2D eigenvalue weighted by atomic mass is 10.2. The highest BCUT2D eigenvalue weighted by atomic mass is 32.1. The first kappa shape index (κ1) is 16.9. The van der Waals surface area contributed by atoms with Crippen LogP contribution in [0.4, 0.5) is 5.13 Å². The molecule has 0 saturated carbocycles. The Hall–Kier alpha value is -2.54. The minimum atomic E-state index is 0.196. The molecular weight excluding hydrogens is 346 g/mol. The Labute approximate surface area is 156 Å². The van der Waals surface area contributed by atoms with E-state index >= 15 is 0 Å². The summed E-state index contributed by atoms with van der Waals surface area (Å²) in [6, 6.07) is 8.22. The van der Waals surface area contributed by atoms with Crippen molar-refractivity contribution in [3.63, 3.8) is 0 Å². The third-order valence-electron chi connectivity index (χ3n) is 4.61. The van der Waals surface area contributed by atoms with Crippen molar-refractivity contribution in [3.8, 4) is 0 Å². The van der Waals surface area contributed by atoms with E-state index in [1.807, 2.05) is 17.0 Å². The highest BCUT2D eigenvalue weighted by Crippen LogP contribution is 2.29. The van der Waals surface area contributed by atoms with Crippen LogP contribution in [0.25, 0.3) is 10.2 Å². The quantitative estimate of drug-likeness (QED) is 0.710. The monoisotopic (exact) mass is 367 g/mol. The summed E-state index contributed by atoms with van der Waals surface area (Å²) >= 11 is 1.73. The number of fused-ring (bicyclic) bond motifs is 1. The maximum Gasteiger partial charge on any atom is 0.223 e. The molecule has 0 radical (unpaired) electrons. The molecule has 0 bridgehead atoms. The summed E-state index contributed by atoms with van der Waals surface area (Å²) < 4.78 is 1.21. The molecule has 1 fully saturated rings. The Morgan fingerprint density at radius 2 is 2.04 bits per heavy atom. The van der Waals surface area contributed by atoms with Gasteiger partial charge >= 0.3 is 0 Å². The lowest BCUT2D eigenvalue weighted by Gasteiger charge is -2.21. The number of carbonyl (C=O) groups excluding carboxylic acids is 1. The fraction of sp³-hybridized carbons (Fsp3) is 0.368. The molecule has 3 heterocycles. The van der Waals surface area contributed by atoms with Gasteiger partial charge in [-0.1, -0.05) is 23.5 Å². The van der Waals surface area contributed by atoms with Gasteiger partial charge in [-0.05, 0) is 25.0 Å². The van der Waals surface area contributed by atoms with Gasteiger partial charge in [0.15, 0.2) is 5.13 Å². The predicted molar refractivity (Wildman–Crippen MR) is 103 cm³/mol. The summed E-state index contributed by atoms with van der Waals surface area (Å²) in [4.78, 5) is 29.9. The molecule has 2 aromatic heterocycles. The molecule has 4 rings (SSSR count). The van der Waals surface area contributed by atoms with E-state index in [2.05, 4.69) is 27.0 Å². The van der Waals surface area contributed by atoms with Crippen LogP contribution in [0.3, 0.4) is 0 Å². The maximum atomic E-state index is 12.6. The summed E-state index contributed by atoms with van der Waals surface area (Å²) in [6.45, 7) is 3.32. The maximum absolute atomic E-state index is 12.6.